The topological polar surface area (TPSA) is 105 Å². The summed E-state index contributed by atoms with van der Waals surface area (Å²) in [4.78, 5) is 26.9. The predicted molar refractivity (Wildman–Crippen MR) is 120 cm³/mol. The molecule has 0 aliphatic carbocycles. The highest BCUT2D eigenvalue weighted by Crippen LogP contribution is 2.31. The van der Waals surface area contributed by atoms with Gasteiger partial charge in [0.1, 0.15) is 12.4 Å². The van der Waals surface area contributed by atoms with E-state index in [1.54, 1.807) is 0 Å². The number of carboxylic acids is 1. The van der Waals surface area contributed by atoms with E-state index < -0.39 is 24.2 Å². The van der Waals surface area contributed by atoms with Gasteiger partial charge in [-0.2, -0.15) is 4.98 Å². The van der Waals surface area contributed by atoms with Gasteiger partial charge in [-0.15, -0.1) is 0 Å². The molecule has 33 heavy (non-hydrogen) atoms. The quantitative estimate of drug-likeness (QED) is 0.448. The Kier molecular flexibility index (Phi) is 5.99. The van der Waals surface area contributed by atoms with E-state index in [1.165, 1.54) is 17.7 Å². The van der Waals surface area contributed by atoms with Gasteiger partial charge >= 0.3 is 5.97 Å². The highest BCUT2D eigenvalue weighted by Gasteiger charge is 2.17. The van der Waals surface area contributed by atoms with Gasteiger partial charge in [0.15, 0.2) is 0 Å². The van der Waals surface area contributed by atoms with Gasteiger partial charge in [0.25, 0.3) is 11.8 Å². The van der Waals surface area contributed by atoms with Crippen LogP contribution in [0.1, 0.15) is 21.5 Å². The van der Waals surface area contributed by atoms with Crippen LogP contribution in [0.4, 0.5) is 4.39 Å². The number of hydrogen-bond donors (Lipinski definition) is 2. The van der Waals surface area contributed by atoms with Crippen molar-refractivity contribution < 1.29 is 23.6 Å². The van der Waals surface area contributed by atoms with E-state index in [1.807, 2.05) is 37.3 Å². The lowest BCUT2D eigenvalue weighted by molar-refractivity contribution is -0.135. The monoisotopic (exact) mass is 445 g/mol. The fourth-order valence-electron chi connectivity index (χ4n) is 3.52. The Balaban J connectivity index is 1.58. The van der Waals surface area contributed by atoms with Crippen molar-refractivity contribution in [1.82, 2.24) is 15.5 Å². The van der Waals surface area contributed by atoms with Crippen LogP contribution in [0.5, 0.6) is 0 Å². The minimum absolute atomic E-state index is 0.169. The number of nitrogens with zero attached hydrogens (tertiary/aromatic N) is 2. The molecular formula is C25H20FN3O4. The number of benzene rings is 3. The molecule has 4 rings (SSSR count). The van der Waals surface area contributed by atoms with Crippen LogP contribution >= 0.6 is 0 Å². The van der Waals surface area contributed by atoms with E-state index in [4.69, 9.17) is 9.63 Å². The summed E-state index contributed by atoms with van der Waals surface area (Å²) < 4.78 is 19.8. The highest BCUT2D eigenvalue weighted by atomic mass is 19.1. The molecule has 1 aromatic heterocycles. The number of carbonyl (C=O) groups excluding carboxylic acids is 1. The molecule has 1 heterocycles. The molecule has 8 heteroatoms. The minimum Gasteiger partial charge on any atom is -0.480 e. The van der Waals surface area contributed by atoms with Crippen LogP contribution in [0, 0.1) is 19.7 Å². The Labute approximate surface area is 188 Å². The lowest BCUT2D eigenvalue weighted by atomic mass is 9.95. The SMILES string of the molecule is Cc1ccccc1-c1ccc(-c2nc(-c3ccc(C(=O)NCC(=O)O)c(F)c3)no2)cc1C. The van der Waals surface area contributed by atoms with Crippen molar-refractivity contribution in [1.29, 1.82) is 0 Å². The number of rotatable bonds is 6. The number of aromatic nitrogens is 2. The molecule has 4 aromatic rings. The molecule has 0 bridgehead atoms. The molecule has 0 aliphatic heterocycles. The van der Waals surface area contributed by atoms with Crippen molar-refractivity contribution in [2.24, 2.45) is 0 Å². The number of carboxylic acid groups (broad SMARTS) is 1. The summed E-state index contributed by atoms with van der Waals surface area (Å²) >= 11 is 0. The molecule has 0 saturated heterocycles. The summed E-state index contributed by atoms with van der Waals surface area (Å²) in [5.41, 5.74) is 5.26. The molecule has 2 N–H and O–H groups in total. The van der Waals surface area contributed by atoms with Gasteiger partial charge in [-0.3, -0.25) is 9.59 Å². The Morgan fingerprint density at radius 1 is 0.970 bits per heavy atom. The lowest BCUT2D eigenvalue weighted by Crippen LogP contribution is -2.29. The predicted octanol–water partition coefficient (Wildman–Crippen LogP) is 4.64. The number of amides is 1. The molecule has 0 spiro atoms. The molecule has 0 saturated carbocycles. The van der Waals surface area contributed by atoms with Crippen molar-refractivity contribution in [2.75, 3.05) is 6.54 Å². The Morgan fingerprint density at radius 2 is 1.70 bits per heavy atom. The smallest absolute Gasteiger partial charge is 0.322 e. The Bertz CT molecular complexity index is 1360. The first-order valence-electron chi connectivity index (χ1n) is 10.1. The molecular weight excluding hydrogens is 425 g/mol. The van der Waals surface area contributed by atoms with Crippen LogP contribution in [0.25, 0.3) is 34.0 Å². The lowest BCUT2D eigenvalue weighted by Gasteiger charge is -2.10. The maximum atomic E-state index is 14.4. The number of halogens is 1. The molecule has 0 aliphatic rings. The van der Waals surface area contributed by atoms with Crippen molar-refractivity contribution >= 4 is 11.9 Å². The van der Waals surface area contributed by atoms with Gasteiger partial charge in [0, 0.05) is 11.1 Å². The van der Waals surface area contributed by atoms with Crippen molar-refractivity contribution in [2.45, 2.75) is 13.8 Å². The summed E-state index contributed by atoms with van der Waals surface area (Å²) in [5, 5.41) is 14.7. The fourth-order valence-corrected chi connectivity index (χ4v) is 3.52. The molecule has 1 amide bonds. The van der Waals surface area contributed by atoms with Crippen LogP contribution in [0.2, 0.25) is 0 Å². The molecule has 0 unspecified atom stereocenters. The van der Waals surface area contributed by atoms with Crippen molar-refractivity contribution in [3.05, 3.63) is 83.2 Å². The number of aryl methyl sites for hydroxylation is 2. The first kappa shape index (κ1) is 21.9. The maximum Gasteiger partial charge on any atom is 0.322 e. The number of hydrogen-bond acceptors (Lipinski definition) is 5. The molecule has 3 aromatic carbocycles. The molecule has 0 radical (unpaired) electrons. The van der Waals surface area contributed by atoms with Gasteiger partial charge < -0.3 is 14.9 Å². The van der Waals surface area contributed by atoms with E-state index in [2.05, 4.69) is 34.5 Å². The van der Waals surface area contributed by atoms with Crippen LogP contribution in [0.15, 0.2) is 65.2 Å². The molecule has 0 fully saturated rings. The van der Waals surface area contributed by atoms with Gasteiger partial charge in [-0.25, -0.2) is 4.39 Å². The maximum absolute atomic E-state index is 14.4. The normalized spacial score (nSPS) is 10.8. The third-order valence-corrected chi connectivity index (χ3v) is 5.21. The zero-order chi connectivity index (χ0) is 23.5. The van der Waals surface area contributed by atoms with Gasteiger partial charge in [0.2, 0.25) is 5.82 Å². The molecule has 7 nitrogen and oxygen atoms in total. The number of nitrogens with one attached hydrogen (secondary N) is 1. The summed E-state index contributed by atoms with van der Waals surface area (Å²) in [6, 6.07) is 17.8. The molecule has 166 valence electrons. The fraction of sp³-hybridized carbons (Fsp3) is 0.120. The second-order valence-electron chi connectivity index (χ2n) is 7.54. The molecule has 0 atom stereocenters. The zero-order valence-corrected chi connectivity index (χ0v) is 17.9. The summed E-state index contributed by atoms with van der Waals surface area (Å²) in [6.45, 7) is 3.47. The minimum atomic E-state index is -1.22. The van der Waals surface area contributed by atoms with Crippen LogP contribution in [-0.2, 0) is 4.79 Å². The second kappa shape index (κ2) is 9.04. The van der Waals surface area contributed by atoms with E-state index >= 15 is 0 Å². The van der Waals surface area contributed by atoms with Gasteiger partial charge in [-0.05, 0) is 60.4 Å². The largest absolute Gasteiger partial charge is 0.480 e. The van der Waals surface area contributed by atoms with Crippen molar-refractivity contribution in [3.63, 3.8) is 0 Å². The van der Waals surface area contributed by atoms with E-state index in [0.29, 0.717) is 5.56 Å². The van der Waals surface area contributed by atoms with Crippen LogP contribution < -0.4 is 5.32 Å². The Morgan fingerprint density at radius 3 is 2.39 bits per heavy atom. The highest BCUT2D eigenvalue weighted by molar-refractivity contribution is 5.96. The van der Waals surface area contributed by atoms with E-state index in [9.17, 15) is 14.0 Å². The summed E-state index contributed by atoms with van der Waals surface area (Å²) in [5.74, 6) is -2.41. The zero-order valence-electron chi connectivity index (χ0n) is 17.9. The van der Waals surface area contributed by atoms with Gasteiger partial charge in [-0.1, -0.05) is 41.6 Å². The van der Waals surface area contributed by atoms with Crippen LogP contribution in [0.3, 0.4) is 0 Å². The van der Waals surface area contributed by atoms with E-state index in [-0.39, 0.29) is 17.3 Å². The average molecular weight is 445 g/mol. The third-order valence-electron chi connectivity index (χ3n) is 5.21. The summed E-state index contributed by atoms with van der Waals surface area (Å²) in [6.07, 6.45) is 0. The van der Waals surface area contributed by atoms with Crippen molar-refractivity contribution in [3.8, 4) is 34.0 Å². The average Bonchev–Trinajstić information content (AvgIpc) is 3.28. The van der Waals surface area contributed by atoms with Gasteiger partial charge in [0.05, 0.1) is 5.56 Å². The first-order chi connectivity index (χ1) is 15.8. The standard InChI is InChI=1S/C25H20FN3O4/c1-14-5-3-4-6-18(14)19-9-8-17(11-15(19)2)25-28-23(29-33-25)16-7-10-20(21(26)12-16)24(32)27-13-22(30)31/h3-12H,13H2,1-2H3,(H,27,32)(H,30,31). The first-order valence-corrected chi connectivity index (χ1v) is 10.1. The number of aliphatic carboxylic acids is 1. The Hall–Kier alpha value is -4.33. The third kappa shape index (κ3) is 4.64. The van der Waals surface area contributed by atoms with E-state index in [0.717, 1.165) is 28.3 Å². The number of carbonyl (C=O) groups is 2. The summed E-state index contributed by atoms with van der Waals surface area (Å²) in [7, 11) is 0. The van der Waals surface area contributed by atoms with Crippen LogP contribution in [-0.4, -0.2) is 33.7 Å². The second-order valence-corrected chi connectivity index (χ2v) is 7.54.